The van der Waals surface area contributed by atoms with Crippen LogP contribution in [0.1, 0.15) is 48.6 Å². The van der Waals surface area contributed by atoms with Crippen molar-refractivity contribution in [2.45, 2.75) is 32.2 Å². The Bertz CT molecular complexity index is 1610. The molecule has 1 N–H and O–H groups in total. The number of carbonyl (C=O) groups excluding carboxylic acids is 1. The third-order valence-electron chi connectivity index (χ3n) is 6.15. The number of benzene rings is 3. The van der Waals surface area contributed by atoms with Gasteiger partial charge in [0.2, 0.25) is 0 Å². The minimum atomic E-state index is -0.377. The average molecular weight is 495 g/mol. The Kier molecular flexibility index (Phi) is 6.27. The van der Waals surface area contributed by atoms with Crippen LogP contribution in [0.5, 0.6) is 0 Å². The molecule has 5 rings (SSSR count). The van der Waals surface area contributed by atoms with Crippen LogP contribution in [-0.4, -0.2) is 27.0 Å². The second kappa shape index (κ2) is 9.53. The molecule has 1 amide bonds. The molecule has 0 radical (unpaired) electrons. The van der Waals surface area contributed by atoms with Gasteiger partial charge in [0.05, 0.1) is 23.9 Å². The van der Waals surface area contributed by atoms with Gasteiger partial charge in [0.25, 0.3) is 5.91 Å². The molecule has 0 spiro atoms. The molecule has 1 atom stereocenters. The Hall–Kier alpha value is -4.06. The van der Waals surface area contributed by atoms with Crippen molar-refractivity contribution in [2.24, 2.45) is 4.99 Å². The minimum Gasteiger partial charge on any atom is -0.428 e. The third-order valence-corrected chi connectivity index (χ3v) is 6.28. The summed E-state index contributed by atoms with van der Waals surface area (Å²) in [5.74, 6) is 0.843. The van der Waals surface area contributed by atoms with Gasteiger partial charge >= 0.3 is 5.84 Å². The van der Waals surface area contributed by atoms with Crippen molar-refractivity contribution < 1.29 is 9.21 Å². The number of amides is 1. The van der Waals surface area contributed by atoms with E-state index in [1.807, 2.05) is 72.9 Å². The molecular weight excluding hydrogens is 468 g/mol. The van der Waals surface area contributed by atoms with E-state index in [0.29, 0.717) is 17.2 Å². The summed E-state index contributed by atoms with van der Waals surface area (Å²) in [6.07, 6.45) is 1.86. The number of aromatic nitrogens is 2. The molecule has 0 fully saturated rings. The first-order valence-electron chi connectivity index (χ1n) is 11.8. The second-order valence-electron chi connectivity index (χ2n) is 9.74. The highest BCUT2D eigenvalue weighted by atomic mass is 32.1. The first-order valence-corrected chi connectivity index (χ1v) is 12.2. The summed E-state index contributed by atoms with van der Waals surface area (Å²) in [5.41, 5.74) is 2.49. The van der Waals surface area contributed by atoms with Crippen molar-refractivity contribution in [1.82, 2.24) is 14.7 Å². The number of aliphatic imine (C=N–C) groups is 1. The normalized spacial score (nSPS) is 12.4. The number of oxazole rings is 1. The fourth-order valence-corrected chi connectivity index (χ4v) is 4.30. The summed E-state index contributed by atoms with van der Waals surface area (Å²) < 4.78 is 7.84. The second-order valence-corrected chi connectivity index (χ2v) is 9.92. The van der Waals surface area contributed by atoms with Crippen molar-refractivity contribution in [1.29, 1.82) is 0 Å². The lowest BCUT2D eigenvalue weighted by molar-refractivity contribution is 0.0932. The quantitative estimate of drug-likeness (QED) is 0.213. The van der Waals surface area contributed by atoms with Crippen LogP contribution in [0.3, 0.4) is 0 Å². The van der Waals surface area contributed by atoms with E-state index < -0.39 is 0 Å². The number of imidazole rings is 1. The van der Waals surface area contributed by atoms with Crippen LogP contribution >= 0.6 is 12.2 Å². The van der Waals surface area contributed by atoms with Crippen molar-refractivity contribution in [3.8, 4) is 11.3 Å². The Morgan fingerprint density at radius 3 is 2.53 bits per heavy atom. The number of carbonyl (C=O) groups is 1. The van der Waals surface area contributed by atoms with E-state index in [1.165, 1.54) is 0 Å². The van der Waals surface area contributed by atoms with Gasteiger partial charge in [-0.25, -0.2) is 4.99 Å². The molecule has 5 aromatic rings. The molecule has 0 saturated heterocycles. The van der Waals surface area contributed by atoms with E-state index in [1.54, 1.807) is 4.40 Å². The van der Waals surface area contributed by atoms with E-state index in [0.717, 1.165) is 27.7 Å². The number of fused-ring (bicyclic) bond motifs is 2. The van der Waals surface area contributed by atoms with E-state index >= 15 is 0 Å². The number of nitrogens with one attached hydrogen (secondary N) is 1. The molecule has 36 heavy (non-hydrogen) atoms. The molecule has 0 aliphatic carbocycles. The van der Waals surface area contributed by atoms with E-state index in [4.69, 9.17) is 21.6 Å². The van der Waals surface area contributed by atoms with Crippen LogP contribution in [0.4, 0.5) is 0 Å². The number of isothiocyanates is 1. The first-order chi connectivity index (χ1) is 17.3. The van der Waals surface area contributed by atoms with Crippen LogP contribution in [0.25, 0.3) is 27.9 Å². The maximum absolute atomic E-state index is 13.9. The summed E-state index contributed by atoms with van der Waals surface area (Å²) in [5, 5.41) is 7.73. The van der Waals surface area contributed by atoms with E-state index in [2.05, 4.69) is 42.3 Å². The summed E-state index contributed by atoms with van der Waals surface area (Å²) in [6.45, 7) is 6.46. The Morgan fingerprint density at radius 1 is 1.08 bits per heavy atom. The molecule has 2 aromatic heterocycles. The van der Waals surface area contributed by atoms with Gasteiger partial charge in [-0.1, -0.05) is 87.5 Å². The maximum atomic E-state index is 13.9. The van der Waals surface area contributed by atoms with Gasteiger partial charge in [-0.2, -0.15) is 4.98 Å². The lowest BCUT2D eigenvalue weighted by Gasteiger charge is -2.17. The summed E-state index contributed by atoms with van der Waals surface area (Å²) >= 11 is 4.78. The zero-order chi connectivity index (χ0) is 25.3. The van der Waals surface area contributed by atoms with Crippen molar-refractivity contribution in [3.63, 3.8) is 0 Å². The molecule has 0 aliphatic heterocycles. The average Bonchev–Trinajstić information content (AvgIpc) is 3.45. The lowest BCUT2D eigenvalue weighted by Crippen LogP contribution is -2.31. The lowest BCUT2D eigenvalue weighted by atomic mass is 9.94. The van der Waals surface area contributed by atoms with Crippen LogP contribution < -0.4 is 5.32 Å². The van der Waals surface area contributed by atoms with Gasteiger partial charge in [0.15, 0.2) is 0 Å². The van der Waals surface area contributed by atoms with E-state index in [-0.39, 0.29) is 23.9 Å². The zero-order valence-corrected chi connectivity index (χ0v) is 21.2. The summed E-state index contributed by atoms with van der Waals surface area (Å²) in [7, 11) is 0. The van der Waals surface area contributed by atoms with Crippen molar-refractivity contribution in [3.05, 3.63) is 96.0 Å². The molecule has 0 saturated carbocycles. The molecule has 180 valence electrons. The number of nitrogens with zero attached hydrogens (tertiary/aromatic N) is 3. The minimum absolute atomic E-state index is 0.238. The van der Waals surface area contributed by atoms with Gasteiger partial charge in [0, 0.05) is 11.0 Å². The highest BCUT2D eigenvalue weighted by Gasteiger charge is 2.28. The van der Waals surface area contributed by atoms with Crippen molar-refractivity contribution >= 4 is 39.9 Å². The van der Waals surface area contributed by atoms with Crippen LogP contribution in [0.2, 0.25) is 0 Å². The Labute approximate surface area is 214 Å². The molecule has 0 aliphatic rings. The molecule has 0 bridgehead atoms. The first kappa shape index (κ1) is 23.7. The zero-order valence-electron chi connectivity index (χ0n) is 20.4. The molecule has 2 heterocycles. The largest absolute Gasteiger partial charge is 0.428 e. The monoisotopic (exact) mass is 494 g/mol. The van der Waals surface area contributed by atoms with E-state index in [9.17, 15) is 4.79 Å². The Balaban J connectivity index is 1.63. The van der Waals surface area contributed by atoms with Crippen LogP contribution in [0.15, 0.2) is 88.4 Å². The summed E-state index contributed by atoms with van der Waals surface area (Å²) in [6, 6.07) is 23.5. The fourth-order valence-electron chi connectivity index (χ4n) is 4.22. The number of thiocarbonyl (C=S) groups is 1. The highest BCUT2D eigenvalue weighted by Crippen LogP contribution is 2.32. The van der Waals surface area contributed by atoms with Gasteiger partial charge < -0.3 is 9.73 Å². The predicted octanol–water partition coefficient (Wildman–Crippen LogP) is 6.62. The van der Waals surface area contributed by atoms with Gasteiger partial charge in [-0.05, 0) is 34.6 Å². The Morgan fingerprint density at radius 2 is 1.81 bits per heavy atom. The summed E-state index contributed by atoms with van der Waals surface area (Å²) in [4.78, 5) is 22.8. The van der Waals surface area contributed by atoms with Gasteiger partial charge in [-0.3, -0.25) is 9.20 Å². The van der Waals surface area contributed by atoms with Crippen molar-refractivity contribution in [2.75, 3.05) is 6.54 Å². The molecule has 7 heteroatoms. The fraction of sp³-hybridized carbons (Fsp3) is 0.207. The van der Waals surface area contributed by atoms with Crippen LogP contribution in [-0.2, 0) is 5.41 Å². The maximum Gasteiger partial charge on any atom is 0.307 e. The molecule has 3 aromatic carbocycles. The highest BCUT2D eigenvalue weighted by molar-refractivity contribution is 7.78. The van der Waals surface area contributed by atoms with Gasteiger partial charge in [0.1, 0.15) is 17.1 Å². The SMILES string of the molecule is CC(C)(C)c1cn2c(C(=O)NC(CN=C=S)c3ccccc3)c(-c3ccc4ccccc4c3)nc2o1. The molecule has 6 nitrogen and oxygen atoms in total. The standard InChI is InChI=1S/C29H26N4O2S/c1-29(2,3)24-17-33-26(27(34)31-23(16-30-18-36)20-10-5-4-6-11-20)25(32-28(33)35-24)22-14-13-19-9-7-8-12-21(19)15-22/h4-15,17,23H,16H2,1-3H3,(H,31,34). The topological polar surface area (TPSA) is 71.9 Å². The number of hydrogen-bond acceptors (Lipinski definition) is 5. The number of rotatable bonds is 6. The number of hydrogen-bond donors (Lipinski definition) is 1. The molecular formula is C29H26N4O2S. The molecule has 1 unspecified atom stereocenters. The third kappa shape index (κ3) is 4.59. The van der Waals surface area contributed by atoms with Gasteiger partial charge in [-0.15, -0.1) is 0 Å². The predicted molar refractivity (Wildman–Crippen MR) is 146 cm³/mol. The van der Waals surface area contributed by atoms with Crippen LogP contribution in [0, 0.1) is 0 Å². The smallest absolute Gasteiger partial charge is 0.307 e.